The highest BCUT2D eigenvalue weighted by Crippen LogP contribution is 2.22. The second-order valence-corrected chi connectivity index (χ2v) is 25.0. The molecular formula is C63H109N13O12. The van der Waals surface area contributed by atoms with Crippen LogP contribution in [0.15, 0.2) is 42.5 Å². The molecule has 25 heteroatoms. The van der Waals surface area contributed by atoms with Crippen LogP contribution in [-0.4, -0.2) is 149 Å². The van der Waals surface area contributed by atoms with Gasteiger partial charge < -0.3 is 59.8 Å². The molecule has 0 heterocycles. The smallest absolute Gasteiger partial charge is 0.243 e. The summed E-state index contributed by atoms with van der Waals surface area (Å²) in [7, 11) is 0. The number of aliphatic hydroxyl groups excluding tert-OH is 1. The quantitative estimate of drug-likeness (QED) is 0.00831. The molecule has 0 saturated carbocycles. The molecule has 0 spiro atoms. The predicted molar refractivity (Wildman–Crippen MR) is 339 cm³/mol. The van der Waals surface area contributed by atoms with Crippen molar-refractivity contribution in [2.75, 3.05) is 13.2 Å². The number of aliphatic hydroxyl groups is 1. The molecule has 0 aromatic heterocycles. The lowest BCUT2D eigenvalue weighted by Gasteiger charge is -2.34. The van der Waals surface area contributed by atoms with Crippen LogP contribution in [0.3, 0.4) is 0 Å². The standard InChI is InChI=1S/C63H109N13O12/c1-39(2)33-47(56(83)55(82)45(65)27-21-24-32-64)71-59(86)49(35-44-25-19-18-20-26-44)72-58(85)48(34-40(3)4)73-61(88)63(10,76-75-50(37-77)43(8)78)31-23-17-15-13-11-12-14-16-22-30-62(9,74-60(87)54(67)41(5)6)52(80)36-51(79)42(7)69-38-70-46(57(68)84)28-29-53(66)81/h12,14,18-20,25-26,37,39-43,45-50,54,69-70,75-76,78H,11,13,15-17,21-24,27-36,38,64-65,67H2,1-10H3,(H2,66,81)(H2,68,84)(H,71,86)(H,72,85)(H,73,88)(H,74,87)/b14-12-/t42-,43+,45-,46-,47-,48-,49-,50+,54-,62-,63+/m0/s1. The normalized spacial score (nSPS) is 16.2. The number of Topliss-reactive ketones (excluding diaryl/α,β-unsaturated/α-hetero) is 4. The number of amides is 6. The largest absolute Gasteiger partial charge is 0.391 e. The highest BCUT2D eigenvalue weighted by atomic mass is 16.3. The van der Waals surface area contributed by atoms with Crippen molar-refractivity contribution >= 4 is 64.9 Å². The van der Waals surface area contributed by atoms with Crippen molar-refractivity contribution < 1.29 is 57.8 Å². The van der Waals surface area contributed by atoms with E-state index in [9.17, 15) is 57.8 Å². The number of primary amides is 2. The van der Waals surface area contributed by atoms with Crippen LogP contribution in [0.4, 0.5) is 0 Å². The van der Waals surface area contributed by atoms with Crippen LogP contribution >= 0.6 is 0 Å². The van der Waals surface area contributed by atoms with Crippen LogP contribution in [0, 0.1) is 17.8 Å². The lowest BCUT2D eigenvalue weighted by Crippen LogP contribution is -2.65. The molecule has 0 saturated heterocycles. The first-order chi connectivity index (χ1) is 41.3. The lowest BCUT2D eigenvalue weighted by molar-refractivity contribution is -0.140. The van der Waals surface area contributed by atoms with Gasteiger partial charge in [-0.15, -0.1) is 0 Å². The number of ketones is 4. The number of unbranched alkanes of at least 4 members (excludes halogenated alkanes) is 6. The Labute approximate surface area is 521 Å². The molecule has 0 aliphatic carbocycles. The average molecular weight is 1240 g/mol. The molecule has 11 atom stereocenters. The fraction of sp³-hybridized carbons (Fsp3) is 0.698. The molecule has 0 aliphatic rings. The summed E-state index contributed by atoms with van der Waals surface area (Å²) in [6.07, 6.45) is 9.65. The first-order valence-electron chi connectivity index (χ1n) is 31.3. The van der Waals surface area contributed by atoms with E-state index >= 15 is 0 Å². The van der Waals surface area contributed by atoms with E-state index in [1.165, 1.54) is 6.92 Å². The Hall–Kier alpha value is -6.19. The molecule has 1 aromatic rings. The maximum atomic E-state index is 14.5. The van der Waals surface area contributed by atoms with Crippen LogP contribution < -0.4 is 71.4 Å². The van der Waals surface area contributed by atoms with Crippen molar-refractivity contribution in [1.29, 1.82) is 0 Å². The third-order valence-corrected chi connectivity index (χ3v) is 15.5. The fourth-order valence-electron chi connectivity index (χ4n) is 9.49. The Bertz CT molecular complexity index is 2410. The second kappa shape index (κ2) is 41.9. The van der Waals surface area contributed by atoms with Gasteiger partial charge >= 0.3 is 0 Å². The maximum Gasteiger partial charge on any atom is 0.243 e. The molecule has 25 nitrogen and oxygen atoms in total. The van der Waals surface area contributed by atoms with Gasteiger partial charge in [-0.25, -0.2) is 10.9 Å². The number of aldehydes is 1. The summed E-state index contributed by atoms with van der Waals surface area (Å²) in [4.78, 5) is 145. The summed E-state index contributed by atoms with van der Waals surface area (Å²) in [5.74, 6) is -6.82. The Morgan fingerprint density at radius 3 is 1.78 bits per heavy atom. The minimum absolute atomic E-state index is 0.00994. The summed E-state index contributed by atoms with van der Waals surface area (Å²) >= 11 is 0. The molecule has 0 bridgehead atoms. The van der Waals surface area contributed by atoms with Gasteiger partial charge in [0.15, 0.2) is 11.6 Å². The predicted octanol–water partition coefficient (Wildman–Crippen LogP) is 1.27. The zero-order valence-electron chi connectivity index (χ0n) is 54.0. The Morgan fingerprint density at radius 2 is 1.22 bits per heavy atom. The first kappa shape index (κ1) is 79.8. The molecule has 0 fully saturated rings. The fourth-order valence-corrected chi connectivity index (χ4v) is 9.49. The van der Waals surface area contributed by atoms with E-state index in [-0.39, 0.29) is 75.8 Å². The van der Waals surface area contributed by atoms with E-state index in [4.69, 9.17) is 28.7 Å². The minimum Gasteiger partial charge on any atom is -0.391 e. The van der Waals surface area contributed by atoms with Crippen molar-refractivity contribution in [1.82, 2.24) is 42.8 Å². The summed E-state index contributed by atoms with van der Waals surface area (Å²) in [5, 5.41) is 27.3. The van der Waals surface area contributed by atoms with Crippen molar-refractivity contribution in [3.63, 3.8) is 0 Å². The van der Waals surface area contributed by atoms with E-state index in [2.05, 4.69) is 42.8 Å². The Morgan fingerprint density at radius 1 is 0.636 bits per heavy atom. The number of allylic oxidation sites excluding steroid dienone is 2. The average Bonchev–Trinajstić information content (AvgIpc) is 2.84. The summed E-state index contributed by atoms with van der Waals surface area (Å²) in [6, 6.07) is 0.563. The van der Waals surface area contributed by atoms with Gasteiger partial charge in [-0.2, -0.15) is 0 Å². The number of carbonyl (C=O) groups excluding carboxylic acids is 11. The number of rotatable bonds is 50. The van der Waals surface area contributed by atoms with Crippen LogP contribution in [0.2, 0.25) is 0 Å². The molecule has 1 aromatic carbocycles. The van der Waals surface area contributed by atoms with Crippen molar-refractivity contribution in [2.45, 2.75) is 250 Å². The molecule has 19 N–H and O–H groups in total. The topological polar surface area (TPSA) is 434 Å². The van der Waals surface area contributed by atoms with Gasteiger partial charge in [0.1, 0.15) is 30.0 Å². The van der Waals surface area contributed by atoms with Gasteiger partial charge in [0, 0.05) is 19.5 Å². The number of nitrogens with one attached hydrogen (secondary N) is 8. The van der Waals surface area contributed by atoms with Crippen LogP contribution in [0.25, 0.3) is 0 Å². The van der Waals surface area contributed by atoms with Gasteiger partial charge in [0.25, 0.3) is 0 Å². The lowest BCUT2D eigenvalue weighted by atomic mass is 9.85. The third-order valence-electron chi connectivity index (χ3n) is 15.5. The number of benzene rings is 1. The number of carbonyl (C=O) groups is 11. The van der Waals surface area contributed by atoms with Gasteiger partial charge in [0.05, 0.1) is 48.3 Å². The Kier molecular flexibility index (Phi) is 38.0. The van der Waals surface area contributed by atoms with Crippen molar-refractivity contribution in [2.24, 2.45) is 46.4 Å². The zero-order chi connectivity index (χ0) is 66.7. The molecule has 498 valence electrons. The SMILES string of the molecule is CC(C)C[C@H](NC(=O)[C@@](C)(CCCCCC/C=C\CCC[C@](C)(NC(=O)[C@@H](N)C(C)C)C(=O)CC(=O)[C@H](C)NCN[C@@H](CCC(N)=O)C(N)=O)NN[C@H](C=O)[C@@H](C)O)C(=O)N[C@@H](Cc1ccccc1)C(=O)N[C@@H](CC(C)C)C(=O)C(=O)[C@@H](N)CCCCN. The summed E-state index contributed by atoms with van der Waals surface area (Å²) < 4.78 is 0. The van der Waals surface area contributed by atoms with E-state index in [1.807, 2.05) is 39.8 Å². The monoisotopic (exact) mass is 1240 g/mol. The van der Waals surface area contributed by atoms with Crippen LogP contribution in [-0.2, 0) is 59.2 Å². The van der Waals surface area contributed by atoms with Gasteiger partial charge in [0.2, 0.25) is 47.0 Å². The van der Waals surface area contributed by atoms with E-state index < -0.39 is 131 Å². The molecular weight excluding hydrogens is 1130 g/mol. The molecule has 6 amide bonds. The van der Waals surface area contributed by atoms with Crippen LogP contribution in [0.1, 0.15) is 184 Å². The maximum absolute atomic E-state index is 14.5. The van der Waals surface area contributed by atoms with E-state index in [0.29, 0.717) is 63.3 Å². The summed E-state index contributed by atoms with van der Waals surface area (Å²) in [5.41, 5.74) is 32.1. The third kappa shape index (κ3) is 30.8. The Balaban J connectivity index is 3.18. The molecule has 0 unspecified atom stereocenters. The van der Waals surface area contributed by atoms with Crippen molar-refractivity contribution in [3.8, 4) is 0 Å². The molecule has 0 radical (unpaired) electrons. The molecule has 1 rings (SSSR count). The second-order valence-electron chi connectivity index (χ2n) is 25.0. The number of nitrogens with two attached hydrogens (primary N) is 5. The molecule has 88 heavy (non-hydrogen) atoms. The van der Waals surface area contributed by atoms with Crippen LogP contribution in [0.5, 0.6) is 0 Å². The highest BCUT2D eigenvalue weighted by molar-refractivity contribution is 6.41. The molecule has 0 aliphatic heterocycles. The van der Waals surface area contributed by atoms with Crippen molar-refractivity contribution in [3.05, 3.63) is 48.0 Å². The number of hydrogen-bond acceptors (Lipinski definition) is 19. The summed E-state index contributed by atoms with van der Waals surface area (Å²) in [6.45, 7) is 17.6. The first-order valence-corrected chi connectivity index (χ1v) is 31.3. The van der Waals surface area contributed by atoms with E-state index in [0.717, 1.165) is 12.8 Å². The van der Waals surface area contributed by atoms with Gasteiger partial charge in [-0.1, -0.05) is 110 Å². The van der Waals surface area contributed by atoms with E-state index in [1.54, 1.807) is 65.0 Å². The minimum atomic E-state index is -1.43. The van der Waals surface area contributed by atoms with Gasteiger partial charge in [-0.05, 0) is 128 Å². The zero-order valence-corrected chi connectivity index (χ0v) is 54.0. The number of hydrazine groups is 1. The number of hydrogen-bond donors (Lipinski definition) is 14. The van der Waals surface area contributed by atoms with Gasteiger partial charge in [-0.3, -0.25) is 58.6 Å². The highest BCUT2D eigenvalue weighted by Gasteiger charge is 2.40.